The van der Waals surface area contributed by atoms with Crippen LogP contribution in [-0.4, -0.2) is 18.6 Å². The zero-order valence-electron chi connectivity index (χ0n) is 12.3. The van der Waals surface area contributed by atoms with Gasteiger partial charge in [-0.1, -0.05) is 54.6 Å². The number of rotatable bonds is 6. The summed E-state index contributed by atoms with van der Waals surface area (Å²) in [5.41, 5.74) is 9.43. The van der Waals surface area contributed by atoms with Crippen LogP contribution in [0.2, 0.25) is 0 Å². The maximum absolute atomic E-state index is 11.6. The second-order valence-electron chi connectivity index (χ2n) is 4.92. The van der Waals surface area contributed by atoms with Gasteiger partial charge in [0.25, 0.3) is 0 Å². The van der Waals surface area contributed by atoms with Gasteiger partial charge in [0.05, 0.1) is 6.61 Å². The zero-order chi connectivity index (χ0) is 15.1. The van der Waals surface area contributed by atoms with Crippen LogP contribution in [0.5, 0.6) is 0 Å². The molecule has 2 aromatic rings. The quantitative estimate of drug-likeness (QED) is 0.828. The molecule has 0 saturated carbocycles. The third-order valence-corrected chi connectivity index (χ3v) is 3.42. The van der Waals surface area contributed by atoms with Crippen molar-refractivity contribution in [1.82, 2.24) is 0 Å². The Bertz CT molecular complexity index is 581. The highest BCUT2D eigenvalue weighted by atomic mass is 16.5. The molecule has 0 bridgehead atoms. The van der Waals surface area contributed by atoms with Crippen molar-refractivity contribution in [1.29, 1.82) is 0 Å². The van der Waals surface area contributed by atoms with Crippen LogP contribution >= 0.6 is 0 Å². The Hall–Kier alpha value is -2.13. The highest BCUT2D eigenvalue weighted by Gasteiger charge is 2.15. The minimum absolute atomic E-state index is 0.324. The molecule has 0 aliphatic rings. The lowest BCUT2D eigenvalue weighted by Gasteiger charge is -2.13. The van der Waals surface area contributed by atoms with Gasteiger partial charge >= 0.3 is 5.97 Å². The van der Waals surface area contributed by atoms with Gasteiger partial charge in [-0.3, -0.25) is 4.79 Å². The van der Waals surface area contributed by atoms with E-state index in [0.717, 1.165) is 6.42 Å². The Labute approximate surface area is 125 Å². The first kappa shape index (κ1) is 15.3. The molecule has 0 aliphatic heterocycles. The third kappa shape index (κ3) is 4.17. The van der Waals surface area contributed by atoms with Gasteiger partial charge in [-0.2, -0.15) is 0 Å². The second kappa shape index (κ2) is 7.60. The Balaban J connectivity index is 2.09. The van der Waals surface area contributed by atoms with Crippen molar-refractivity contribution in [2.24, 2.45) is 5.73 Å². The maximum Gasteiger partial charge on any atom is 0.322 e. The molecule has 0 amide bonds. The molecule has 0 aliphatic carbocycles. The predicted molar refractivity (Wildman–Crippen MR) is 84.8 cm³/mol. The van der Waals surface area contributed by atoms with E-state index < -0.39 is 6.04 Å². The van der Waals surface area contributed by atoms with Gasteiger partial charge in [0.2, 0.25) is 0 Å². The summed E-state index contributed by atoms with van der Waals surface area (Å²) in [6.07, 6.45) is 1.34. The zero-order valence-corrected chi connectivity index (χ0v) is 12.3. The molecule has 0 saturated heterocycles. The molecule has 21 heavy (non-hydrogen) atoms. The average molecular weight is 283 g/mol. The molecule has 3 nitrogen and oxygen atoms in total. The summed E-state index contributed by atoms with van der Waals surface area (Å²) in [6.45, 7) is 2.16. The minimum atomic E-state index is -0.561. The molecule has 0 spiro atoms. The molecule has 0 radical (unpaired) electrons. The third-order valence-electron chi connectivity index (χ3n) is 3.42. The normalized spacial score (nSPS) is 11.9. The van der Waals surface area contributed by atoms with Crippen molar-refractivity contribution in [3.05, 3.63) is 60.2 Å². The number of nitrogens with two attached hydrogens (primary N) is 1. The first-order valence-corrected chi connectivity index (χ1v) is 7.28. The summed E-state index contributed by atoms with van der Waals surface area (Å²) >= 11 is 0. The number of carbonyl (C=O) groups is 1. The largest absolute Gasteiger partial charge is 0.465 e. The summed E-state index contributed by atoms with van der Waals surface area (Å²) in [7, 11) is 0. The molecule has 0 aromatic heterocycles. The van der Waals surface area contributed by atoms with Crippen LogP contribution < -0.4 is 5.73 Å². The summed E-state index contributed by atoms with van der Waals surface area (Å²) in [5.74, 6) is -0.324. The van der Waals surface area contributed by atoms with Crippen molar-refractivity contribution in [2.45, 2.75) is 25.8 Å². The van der Waals surface area contributed by atoms with Crippen LogP contribution in [0.1, 0.15) is 18.9 Å². The first-order chi connectivity index (χ1) is 10.2. The molecule has 110 valence electrons. The number of benzene rings is 2. The van der Waals surface area contributed by atoms with Gasteiger partial charge in [0, 0.05) is 0 Å². The minimum Gasteiger partial charge on any atom is -0.465 e. The van der Waals surface area contributed by atoms with Gasteiger partial charge in [-0.25, -0.2) is 0 Å². The molecule has 3 heteroatoms. The number of esters is 1. The fourth-order valence-electron chi connectivity index (χ4n) is 2.32. The second-order valence-corrected chi connectivity index (χ2v) is 4.92. The lowest BCUT2D eigenvalue weighted by atomic mass is 9.95. The highest BCUT2D eigenvalue weighted by Crippen LogP contribution is 2.24. The molecule has 0 fully saturated rings. The van der Waals surface area contributed by atoms with Crippen LogP contribution in [0.15, 0.2) is 54.6 Å². The Morgan fingerprint density at radius 2 is 1.76 bits per heavy atom. The number of hydrogen-bond donors (Lipinski definition) is 1. The fourth-order valence-corrected chi connectivity index (χ4v) is 2.32. The van der Waals surface area contributed by atoms with Crippen LogP contribution in [-0.2, 0) is 16.0 Å². The van der Waals surface area contributed by atoms with E-state index in [2.05, 4.69) is 24.3 Å². The van der Waals surface area contributed by atoms with Gasteiger partial charge in [-0.05, 0) is 36.5 Å². The molecular weight excluding hydrogens is 262 g/mol. The monoisotopic (exact) mass is 283 g/mol. The summed E-state index contributed by atoms with van der Waals surface area (Å²) in [6, 6.07) is 17.9. The van der Waals surface area contributed by atoms with E-state index in [1.54, 1.807) is 6.92 Å². The van der Waals surface area contributed by atoms with Gasteiger partial charge in [0.1, 0.15) is 6.04 Å². The molecular formula is C18H21NO2. The van der Waals surface area contributed by atoms with Crippen LogP contribution in [0.4, 0.5) is 0 Å². The summed E-state index contributed by atoms with van der Waals surface area (Å²) < 4.78 is 4.94. The van der Waals surface area contributed by atoms with Gasteiger partial charge < -0.3 is 10.5 Å². The molecule has 2 aromatic carbocycles. The molecule has 1 unspecified atom stereocenters. The lowest BCUT2D eigenvalue weighted by Crippen LogP contribution is -2.32. The van der Waals surface area contributed by atoms with Crippen molar-refractivity contribution in [3.8, 4) is 11.1 Å². The number of hydrogen-bond acceptors (Lipinski definition) is 3. The maximum atomic E-state index is 11.6. The van der Waals surface area contributed by atoms with E-state index >= 15 is 0 Å². The van der Waals surface area contributed by atoms with E-state index in [-0.39, 0.29) is 5.97 Å². The van der Waals surface area contributed by atoms with Crippen LogP contribution in [0.25, 0.3) is 11.1 Å². The first-order valence-electron chi connectivity index (χ1n) is 7.28. The van der Waals surface area contributed by atoms with E-state index in [1.165, 1.54) is 16.7 Å². The van der Waals surface area contributed by atoms with E-state index in [4.69, 9.17) is 10.5 Å². The molecule has 0 heterocycles. The number of carbonyl (C=O) groups excluding carboxylic acids is 1. The number of ether oxygens (including phenoxy) is 1. The van der Waals surface area contributed by atoms with Gasteiger partial charge in [0.15, 0.2) is 0 Å². The topological polar surface area (TPSA) is 52.3 Å². The molecule has 1 atom stereocenters. The Kier molecular flexibility index (Phi) is 5.52. The Morgan fingerprint density at radius 3 is 2.48 bits per heavy atom. The van der Waals surface area contributed by atoms with Crippen molar-refractivity contribution in [3.63, 3.8) is 0 Å². The van der Waals surface area contributed by atoms with Crippen molar-refractivity contribution < 1.29 is 9.53 Å². The predicted octanol–water partition coefficient (Wildman–Crippen LogP) is 3.18. The van der Waals surface area contributed by atoms with Crippen LogP contribution in [0, 0.1) is 0 Å². The molecule has 2 rings (SSSR count). The highest BCUT2D eigenvalue weighted by molar-refractivity contribution is 5.75. The lowest BCUT2D eigenvalue weighted by molar-refractivity contribution is -0.144. The summed E-state index contributed by atoms with van der Waals surface area (Å²) in [5, 5.41) is 0. The summed E-state index contributed by atoms with van der Waals surface area (Å²) in [4.78, 5) is 11.6. The smallest absolute Gasteiger partial charge is 0.322 e. The molecule has 2 N–H and O–H groups in total. The SMILES string of the molecule is CCOC(=O)C(N)CCc1ccccc1-c1ccccc1. The van der Waals surface area contributed by atoms with Crippen LogP contribution in [0.3, 0.4) is 0 Å². The standard InChI is InChI=1S/C18H21NO2/c1-2-21-18(20)17(19)13-12-15-10-6-7-11-16(15)14-8-4-3-5-9-14/h3-11,17H,2,12-13,19H2,1H3. The average Bonchev–Trinajstić information content (AvgIpc) is 2.54. The van der Waals surface area contributed by atoms with E-state index in [1.807, 2.05) is 30.3 Å². The van der Waals surface area contributed by atoms with Gasteiger partial charge in [-0.15, -0.1) is 0 Å². The van der Waals surface area contributed by atoms with Crippen molar-refractivity contribution >= 4 is 5.97 Å². The Morgan fingerprint density at radius 1 is 1.10 bits per heavy atom. The fraction of sp³-hybridized carbons (Fsp3) is 0.278. The van der Waals surface area contributed by atoms with Crippen molar-refractivity contribution in [2.75, 3.05) is 6.61 Å². The van der Waals surface area contributed by atoms with E-state index in [0.29, 0.717) is 13.0 Å². The number of aryl methyl sites for hydroxylation is 1. The van der Waals surface area contributed by atoms with E-state index in [9.17, 15) is 4.79 Å².